The summed E-state index contributed by atoms with van der Waals surface area (Å²) in [6.07, 6.45) is 1.25. The van der Waals surface area contributed by atoms with E-state index in [1.54, 1.807) is 19.1 Å². The maximum Gasteiger partial charge on any atom is 0.268 e. The Morgan fingerprint density at radius 1 is 1.36 bits per heavy atom. The number of methoxy groups -OCH3 is 1. The Hall–Kier alpha value is -1.60. The molecule has 0 saturated carbocycles. The zero-order valence-electron chi connectivity index (χ0n) is 12.8. The molecule has 124 valence electrons. The number of hydrogen-bond acceptors (Lipinski definition) is 5. The third kappa shape index (κ3) is 5.65. The van der Waals surface area contributed by atoms with Crippen LogP contribution in [0.25, 0.3) is 0 Å². The van der Waals surface area contributed by atoms with E-state index in [1.807, 2.05) is 0 Å². The molecule has 22 heavy (non-hydrogen) atoms. The number of benzene rings is 1. The number of ketones is 1. The number of Topliss-reactive ketones (excluding diaryl/α,β-unsaturated/α-hetero) is 1. The van der Waals surface area contributed by atoms with Crippen LogP contribution in [0.5, 0.6) is 11.5 Å². The zero-order chi connectivity index (χ0) is 16.8. The average Bonchev–Trinajstić information content (AvgIpc) is 2.45. The number of rotatable bonds is 9. The molecule has 0 saturated heterocycles. The van der Waals surface area contributed by atoms with E-state index in [0.717, 1.165) is 5.56 Å². The molecule has 0 amide bonds. The van der Waals surface area contributed by atoms with Gasteiger partial charge in [-0.15, -0.1) is 0 Å². The topological polar surface area (TPSA) is 101 Å². The van der Waals surface area contributed by atoms with Crippen LogP contribution in [0.1, 0.15) is 38.2 Å². The molecule has 0 bridgehead atoms. The highest BCUT2D eigenvalue weighted by molar-refractivity contribution is 7.86. The molecule has 7 heteroatoms. The van der Waals surface area contributed by atoms with Crippen molar-refractivity contribution in [2.75, 3.05) is 7.11 Å². The van der Waals surface area contributed by atoms with Crippen molar-refractivity contribution in [1.82, 2.24) is 0 Å². The van der Waals surface area contributed by atoms with Gasteiger partial charge in [0.25, 0.3) is 10.1 Å². The number of hydrogen-bond donors (Lipinski definition) is 2. The molecule has 0 heterocycles. The quantitative estimate of drug-likeness (QED) is 0.674. The molecule has 0 aliphatic carbocycles. The highest BCUT2D eigenvalue weighted by Crippen LogP contribution is 2.27. The third-order valence-corrected chi connectivity index (χ3v) is 4.67. The van der Waals surface area contributed by atoms with E-state index in [1.165, 1.54) is 13.2 Å². The fourth-order valence-corrected chi connectivity index (χ4v) is 3.13. The molecule has 0 spiro atoms. The Morgan fingerprint density at radius 3 is 2.59 bits per heavy atom. The van der Waals surface area contributed by atoms with Crippen molar-refractivity contribution in [2.24, 2.45) is 0 Å². The fourth-order valence-electron chi connectivity index (χ4n) is 2.20. The summed E-state index contributed by atoms with van der Waals surface area (Å²) in [6, 6.07) is 4.79. The molecular formula is C15H22O6S. The standard InChI is InChI=1S/C15H22O6S/c1-3-4-13(22(18,19)20)10-12(16)7-5-11-6-8-14(17)15(9-11)21-2/h6,8-9,13,17H,3-5,7,10H2,1-2H3,(H,18,19,20)/t13-/m0/s1. The first kappa shape index (κ1) is 18.4. The predicted molar refractivity (Wildman–Crippen MR) is 82.8 cm³/mol. The Bertz CT molecular complexity index is 608. The highest BCUT2D eigenvalue weighted by Gasteiger charge is 2.24. The van der Waals surface area contributed by atoms with Gasteiger partial charge >= 0.3 is 0 Å². The highest BCUT2D eigenvalue weighted by atomic mass is 32.2. The number of ether oxygens (including phenoxy) is 1. The van der Waals surface area contributed by atoms with Crippen LogP contribution < -0.4 is 4.74 Å². The normalized spacial score (nSPS) is 12.9. The molecule has 1 aromatic rings. The molecule has 2 N–H and O–H groups in total. The second-order valence-electron chi connectivity index (χ2n) is 5.17. The van der Waals surface area contributed by atoms with Crippen LogP contribution in [0, 0.1) is 0 Å². The summed E-state index contributed by atoms with van der Waals surface area (Å²) >= 11 is 0. The molecule has 0 aliphatic heterocycles. The Balaban J connectivity index is 2.62. The van der Waals surface area contributed by atoms with Crippen molar-refractivity contribution in [2.45, 2.75) is 44.3 Å². The Labute approximate surface area is 130 Å². The van der Waals surface area contributed by atoms with Gasteiger partial charge in [0, 0.05) is 12.8 Å². The van der Waals surface area contributed by atoms with Gasteiger partial charge in [-0.1, -0.05) is 19.4 Å². The van der Waals surface area contributed by atoms with Crippen molar-refractivity contribution < 1.29 is 27.6 Å². The van der Waals surface area contributed by atoms with E-state index in [9.17, 15) is 18.3 Å². The largest absolute Gasteiger partial charge is 0.504 e. The van der Waals surface area contributed by atoms with Crippen LogP contribution in [0.4, 0.5) is 0 Å². The smallest absolute Gasteiger partial charge is 0.268 e. The summed E-state index contributed by atoms with van der Waals surface area (Å²) < 4.78 is 36.5. The van der Waals surface area contributed by atoms with Gasteiger partial charge in [-0.05, 0) is 30.5 Å². The predicted octanol–water partition coefficient (Wildman–Crippen LogP) is 2.35. The van der Waals surface area contributed by atoms with Gasteiger partial charge in [0.15, 0.2) is 11.5 Å². The summed E-state index contributed by atoms with van der Waals surface area (Å²) in [7, 11) is -2.76. The lowest BCUT2D eigenvalue weighted by atomic mass is 10.0. The Kier molecular flexibility index (Phi) is 6.83. The summed E-state index contributed by atoms with van der Waals surface area (Å²) in [6.45, 7) is 1.80. The maximum absolute atomic E-state index is 11.9. The van der Waals surface area contributed by atoms with Gasteiger partial charge in [0.2, 0.25) is 0 Å². The number of aryl methyl sites for hydroxylation is 1. The molecular weight excluding hydrogens is 308 g/mol. The van der Waals surface area contributed by atoms with Crippen molar-refractivity contribution in [3.05, 3.63) is 23.8 Å². The van der Waals surface area contributed by atoms with Crippen molar-refractivity contribution in [3.8, 4) is 11.5 Å². The molecule has 0 unspecified atom stereocenters. The van der Waals surface area contributed by atoms with Gasteiger partial charge in [0.05, 0.1) is 12.4 Å². The van der Waals surface area contributed by atoms with Crippen LogP contribution in [-0.2, 0) is 21.3 Å². The molecule has 1 rings (SSSR count). The minimum Gasteiger partial charge on any atom is -0.504 e. The molecule has 0 aliphatic rings. The van der Waals surface area contributed by atoms with Gasteiger partial charge in [0.1, 0.15) is 5.78 Å². The number of aromatic hydroxyl groups is 1. The van der Waals surface area contributed by atoms with Crippen LogP contribution in [0.2, 0.25) is 0 Å². The van der Waals surface area contributed by atoms with Gasteiger partial charge in [-0.25, -0.2) is 0 Å². The SMILES string of the molecule is CCC[C@@H](CC(=O)CCc1ccc(O)c(OC)c1)S(=O)(=O)O. The molecule has 6 nitrogen and oxygen atoms in total. The minimum absolute atomic E-state index is 0.0203. The summed E-state index contributed by atoms with van der Waals surface area (Å²) in [5, 5.41) is 8.47. The maximum atomic E-state index is 11.9. The van der Waals surface area contributed by atoms with E-state index in [-0.39, 0.29) is 30.8 Å². The van der Waals surface area contributed by atoms with Crippen LogP contribution >= 0.6 is 0 Å². The minimum atomic E-state index is -4.20. The first-order valence-electron chi connectivity index (χ1n) is 7.11. The first-order chi connectivity index (χ1) is 10.3. The van der Waals surface area contributed by atoms with Crippen molar-refractivity contribution >= 4 is 15.9 Å². The second kappa shape index (κ2) is 8.14. The van der Waals surface area contributed by atoms with Gasteiger partial charge in [-0.3, -0.25) is 9.35 Å². The molecule has 1 atom stereocenters. The van der Waals surface area contributed by atoms with E-state index in [0.29, 0.717) is 18.6 Å². The Morgan fingerprint density at radius 2 is 2.05 bits per heavy atom. The summed E-state index contributed by atoms with van der Waals surface area (Å²) in [5.41, 5.74) is 0.807. The first-order valence-corrected chi connectivity index (χ1v) is 8.62. The number of phenols is 1. The lowest BCUT2D eigenvalue weighted by Gasteiger charge is -2.12. The van der Waals surface area contributed by atoms with E-state index in [4.69, 9.17) is 9.29 Å². The van der Waals surface area contributed by atoms with E-state index < -0.39 is 15.4 Å². The van der Waals surface area contributed by atoms with Crippen LogP contribution in [0.15, 0.2) is 18.2 Å². The number of phenolic OH excluding ortho intramolecular Hbond substituents is 1. The van der Waals surface area contributed by atoms with E-state index >= 15 is 0 Å². The van der Waals surface area contributed by atoms with Gasteiger partial charge < -0.3 is 9.84 Å². The van der Waals surface area contributed by atoms with Crippen molar-refractivity contribution in [3.63, 3.8) is 0 Å². The van der Waals surface area contributed by atoms with Crippen LogP contribution in [0.3, 0.4) is 0 Å². The summed E-state index contributed by atoms with van der Waals surface area (Å²) in [5.74, 6) is 0.127. The van der Waals surface area contributed by atoms with E-state index in [2.05, 4.69) is 0 Å². The summed E-state index contributed by atoms with van der Waals surface area (Å²) in [4.78, 5) is 11.9. The number of carbonyl (C=O) groups is 1. The zero-order valence-corrected chi connectivity index (χ0v) is 13.6. The van der Waals surface area contributed by atoms with Gasteiger partial charge in [-0.2, -0.15) is 8.42 Å². The molecule has 0 fully saturated rings. The molecule has 0 radical (unpaired) electrons. The lowest BCUT2D eigenvalue weighted by Crippen LogP contribution is -2.24. The van der Waals surface area contributed by atoms with Crippen molar-refractivity contribution in [1.29, 1.82) is 0 Å². The lowest BCUT2D eigenvalue weighted by molar-refractivity contribution is -0.119. The fraction of sp³-hybridized carbons (Fsp3) is 0.533. The molecule has 1 aromatic carbocycles. The monoisotopic (exact) mass is 330 g/mol. The average molecular weight is 330 g/mol. The third-order valence-electron chi connectivity index (χ3n) is 3.42. The second-order valence-corrected chi connectivity index (χ2v) is 6.87. The number of carbonyl (C=O) groups excluding carboxylic acids is 1. The van der Waals surface area contributed by atoms with Crippen LogP contribution in [-0.4, -0.2) is 36.2 Å². The molecule has 0 aromatic heterocycles.